The number of phenols is 1. The van der Waals surface area contributed by atoms with Crippen LogP contribution >= 0.6 is 0 Å². The van der Waals surface area contributed by atoms with Gasteiger partial charge >= 0.3 is 0 Å². The van der Waals surface area contributed by atoms with Crippen LogP contribution in [0.4, 0.5) is 0 Å². The summed E-state index contributed by atoms with van der Waals surface area (Å²) in [6.45, 7) is 7.61. The Hall–Kier alpha value is -1.28. The molecule has 0 atom stereocenters. The number of hydrogen-bond donors (Lipinski definition) is 2. The van der Waals surface area contributed by atoms with Crippen molar-refractivity contribution in [2.24, 2.45) is 0 Å². The van der Waals surface area contributed by atoms with Gasteiger partial charge in [-0.2, -0.15) is 0 Å². The van der Waals surface area contributed by atoms with Gasteiger partial charge in [-0.05, 0) is 26.3 Å². The SMILES string of the molecule is CC(C)=CCNCc1cccc(C)c1O. The Morgan fingerprint density at radius 1 is 1.40 bits per heavy atom. The van der Waals surface area contributed by atoms with Gasteiger partial charge in [0.2, 0.25) is 0 Å². The summed E-state index contributed by atoms with van der Waals surface area (Å²) < 4.78 is 0. The molecule has 2 N–H and O–H groups in total. The Bertz CT molecular complexity index is 352. The Kier molecular flexibility index (Phi) is 4.37. The Balaban J connectivity index is 2.51. The number of aromatic hydroxyl groups is 1. The molecule has 0 aliphatic heterocycles. The molecule has 0 radical (unpaired) electrons. The second-order valence-electron chi connectivity index (χ2n) is 4.00. The minimum atomic E-state index is 0.405. The molecule has 0 amide bonds. The predicted molar refractivity (Wildman–Crippen MR) is 64.0 cm³/mol. The first-order valence-corrected chi connectivity index (χ1v) is 5.23. The lowest BCUT2D eigenvalue weighted by molar-refractivity contribution is 0.461. The Labute approximate surface area is 91.6 Å². The van der Waals surface area contributed by atoms with Crippen molar-refractivity contribution in [2.45, 2.75) is 27.3 Å². The summed E-state index contributed by atoms with van der Waals surface area (Å²) in [4.78, 5) is 0. The third kappa shape index (κ3) is 3.76. The fraction of sp³-hybridized carbons (Fsp3) is 0.385. The molecular weight excluding hydrogens is 186 g/mol. The lowest BCUT2D eigenvalue weighted by Crippen LogP contribution is -2.13. The van der Waals surface area contributed by atoms with Crippen LogP contribution in [0, 0.1) is 6.92 Å². The van der Waals surface area contributed by atoms with Crippen molar-refractivity contribution in [1.29, 1.82) is 0 Å². The Morgan fingerprint density at radius 3 is 2.80 bits per heavy atom. The zero-order valence-corrected chi connectivity index (χ0v) is 9.67. The van der Waals surface area contributed by atoms with Crippen LogP contribution in [0.3, 0.4) is 0 Å². The zero-order chi connectivity index (χ0) is 11.3. The van der Waals surface area contributed by atoms with Crippen molar-refractivity contribution in [3.63, 3.8) is 0 Å². The number of nitrogens with one attached hydrogen (secondary N) is 1. The van der Waals surface area contributed by atoms with E-state index in [4.69, 9.17) is 0 Å². The van der Waals surface area contributed by atoms with Crippen molar-refractivity contribution in [3.05, 3.63) is 41.0 Å². The monoisotopic (exact) mass is 205 g/mol. The summed E-state index contributed by atoms with van der Waals surface area (Å²) in [5, 5.41) is 13.0. The van der Waals surface area contributed by atoms with Gasteiger partial charge in [-0.25, -0.2) is 0 Å². The van der Waals surface area contributed by atoms with Gasteiger partial charge in [-0.1, -0.05) is 29.8 Å². The fourth-order valence-corrected chi connectivity index (χ4v) is 1.35. The van der Waals surface area contributed by atoms with Gasteiger partial charge in [-0.15, -0.1) is 0 Å². The second kappa shape index (κ2) is 5.56. The molecule has 2 nitrogen and oxygen atoms in total. The number of rotatable bonds is 4. The van der Waals surface area contributed by atoms with E-state index in [1.807, 2.05) is 25.1 Å². The topological polar surface area (TPSA) is 32.3 Å². The molecule has 0 bridgehead atoms. The molecule has 0 unspecified atom stereocenters. The van der Waals surface area contributed by atoms with Gasteiger partial charge < -0.3 is 10.4 Å². The quantitative estimate of drug-likeness (QED) is 0.585. The number of allylic oxidation sites excluding steroid dienone is 1. The van der Waals surface area contributed by atoms with Crippen LogP contribution in [-0.4, -0.2) is 11.7 Å². The van der Waals surface area contributed by atoms with Crippen molar-refractivity contribution in [1.82, 2.24) is 5.32 Å². The smallest absolute Gasteiger partial charge is 0.122 e. The van der Waals surface area contributed by atoms with E-state index >= 15 is 0 Å². The van der Waals surface area contributed by atoms with Crippen LogP contribution in [0.1, 0.15) is 25.0 Å². The van der Waals surface area contributed by atoms with Gasteiger partial charge in [0, 0.05) is 18.7 Å². The van der Waals surface area contributed by atoms with Gasteiger partial charge in [0.05, 0.1) is 0 Å². The predicted octanol–water partition coefficient (Wildman–Crippen LogP) is 2.76. The van der Waals surface area contributed by atoms with E-state index in [0.29, 0.717) is 12.3 Å². The number of phenolic OH excluding ortho intramolecular Hbond substituents is 1. The molecule has 0 saturated heterocycles. The van der Waals surface area contributed by atoms with Crippen LogP contribution in [0.15, 0.2) is 29.8 Å². The molecule has 82 valence electrons. The summed E-state index contributed by atoms with van der Waals surface area (Å²) in [7, 11) is 0. The van der Waals surface area contributed by atoms with E-state index in [-0.39, 0.29) is 0 Å². The minimum Gasteiger partial charge on any atom is -0.507 e. The molecule has 1 rings (SSSR count). The molecule has 0 spiro atoms. The summed E-state index contributed by atoms with van der Waals surface area (Å²) in [5.74, 6) is 0.405. The molecular formula is C13H19NO. The molecule has 0 fully saturated rings. The molecule has 15 heavy (non-hydrogen) atoms. The van der Waals surface area contributed by atoms with Crippen LogP contribution in [0.25, 0.3) is 0 Å². The van der Waals surface area contributed by atoms with Crippen molar-refractivity contribution in [2.75, 3.05) is 6.54 Å². The van der Waals surface area contributed by atoms with Crippen molar-refractivity contribution >= 4 is 0 Å². The van der Waals surface area contributed by atoms with E-state index in [0.717, 1.165) is 17.7 Å². The minimum absolute atomic E-state index is 0.405. The highest BCUT2D eigenvalue weighted by Gasteiger charge is 2.01. The highest BCUT2D eigenvalue weighted by atomic mass is 16.3. The average molecular weight is 205 g/mol. The molecule has 0 aliphatic carbocycles. The van der Waals surface area contributed by atoms with Crippen molar-refractivity contribution in [3.8, 4) is 5.75 Å². The molecule has 1 aromatic carbocycles. The first-order chi connectivity index (χ1) is 7.11. The van der Waals surface area contributed by atoms with E-state index in [1.54, 1.807) is 0 Å². The van der Waals surface area contributed by atoms with Crippen molar-refractivity contribution < 1.29 is 5.11 Å². The highest BCUT2D eigenvalue weighted by molar-refractivity contribution is 5.39. The molecule has 0 aromatic heterocycles. The molecule has 0 saturated carbocycles. The van der Waals surface area contributed by atoms with Crippen LogP contribution < -0.4 is 5.32 Å². The lowest BCUT2D eigenvalue weighted by atomic mass is 10.1. The van der Waals surface area contributed by atoms with Crippen LogP contribution in [-0.2, 0) is 6.54 Å². The molecule has 0 heterocycles. The van der Waals surface area contributed by atoms with E-state index in [9.17, 15) is 5.11 Å². The lowest BCUT2D eigenvalue weighted by Gasteiger charge is -2.07. The van der Waals surface area contributed by atoms with E-state index in [1.165, 1.54) is 5.57 Å². The molecule has 0 aliphatic rings. The molecule has 1 aromatic rings. The maximum absolute atomic E-state index is 9.75. The summed E-state index contributed by atoms with van der Waals surface area (Å²) in [5.41, 5.74) is 3.18. The number of para-hydroxylation sites is 1. The van der Waals surface area contributed by atoms with Crippen LogP contribution in [0.2, 0.25) is 0 Å². The first kappa shape index (κ1) is 11.8. The summed E-state index contributed by atoms with van der Waals surface area (Å²) in [6, 6.07) is 5.82. The van der Waals surface area contributed by atoms with Gasteiger partial charge in [-0.3, -0.25) is 0 Å². The summed E-state index contributed by atoms with van der Waals surface area (Å²) in [6.07, 6.45) is 2.13. The summed E-state index contributed by atoms with van der Waals surface area (Å²) >= 11 is 0. The molecule has 2 heteroatoms. The average Bonchev–Trinajstić information content (AvgIpc) is 2.18. The number of benzene rings is 1. The Morgan fingerprint density at radius 2 is 2.13 bits per heavy atom. The fourth-order valence-electron chi connectivity index (χ4n) is 1.35. The van der Waals surface area contributed by atoms with Gasteiger partial charge in [0.25, 0.3) is 0 Å². The van der Waals surface area contributed by atoms with E-state index < -0.39 is 0 Å². The zero-order valence-electron chi connectivity index (χ0n) is 9.67. The third-order valence-electron chi connectivity index (χ3n) is 2.29. The van der Waals surface area contributed by atoms with Gasteiger partial charge in [0.15, 0.2) is 0 Å². The maximum atomic E-state index is 9.75. The maximum Gasteiger partial charge on any atom is 0.122 e. The highest BCUT2D eigenvalue weighted by Crippen LogP contribution is 2.20. The number of aryl methyl sites for hydroxylation is 1. The largest absolute Gasteiger partial charge is 0.507 e. The normalized spacial score (nSPS) is 10.1. The second-order valence-corrected chi connectivity index (χ2v) is 4.00. The number of hydrogen-bond acceptors (Lipinski definition) is 2. The third-order valence-corrected chi connectivity index (χ3v) is 2.29. The van der Waals surface area contributed by atoms with Gasteiger partial charge in [0.1, 0.15) is 5.75 Å². The first-order valence-electron chi connectivity index (χ1n) is 5.23. The standard InChI is InChI=1S/C13H19NO/c1-10(2)7-8-14-9-12-6-4-5-11(3)13(12)15/h4-7,14-15H,8-9H2,1-3H3. The van der Waals surface area contributed by atoms with E-state index in [2.05, 4.69) is 25.2 Å². The van der Waals surface area contributed by atoms with Crippen LogP contribution in [0.5, 0.6) is 5.75 Å².